The van der Waals surface area contributed by atoms with E-state index in [-0.39, 0.29) is 17.7 Å². The van der Waals surface area contributed by atoms with E-state index >= 15 is 0 Å². The van der Waals surface area contributed by atoms with E-state index in [9.17, 15) is 14.9 Å². The first kappa shape index (κ1) is 20.6. The second-order valence-electron chi connectivity index (χ2n) is 6.66. The first-order chi connectivity index (χ1) is 12.8. The number of nitrogens with one attached hydrogen (secondary N) is 1. The molecule has 146 valence electrons. The van der Waals surface area contributed by atoms with Gasteiger partial charge in [-0.05, 0) is 51.8 Å². The van der Waals surface area contributed by atoms with Gasteiger partial charge in [0.25, 0.3) is 5.91 Å². The number of carbonyl (C=O) groups is 1. The van der Waals surface area contributed by atoms with Crippen molar-refractivity contribution in [2.75, 3.05) is 13.2 Å². The van der Waals surface area contributed by atoms with Crippen LogP contribution in [0.15, 0.2) is 24.3 Å². The van der Waals surface area contributed by atoms with Crippen LogP contribution in [-0.2, 0) is 11.3 Å². The highest BCUT2D eigenvalue weighted by Crippen LogP contribution is 2.22. The molecule has 0 atom stereocenters. The normalized spacial score (nSPS) is 11.0. The summed E-state index contributed by atoms with van der Waals surface area (Å²) in [6, 6.07) is 7.16. The van der Waals surface area contributed by atoms with E-state index in [1.807, 2.05) is 26.0 Å². The van der Waals surface area contributed by atoms with Crippen molar-refractivity contribution in [3.63, 3.8) is 0 Å². The Bertz CT molecular complexity index is 797. The standard InChI is InChI=1S/C19H26N4O4/c1-13(2)27-11-5-10-20-19(24)17-8-6-16(7-9-17)12-22-15(4)18(23(25)26)14(3)21-22/h6-9,13H,5,10-12H2,1-4H3,(H,20,24). The minimum absolute atomic E-state index is 0.0486. The summed E-state index contributed by atoms with van der Waals surface area (Å²) >= 11 is 0. The molecule has 2 aromatic rings. The molecule has 0 radical (unpaired) electrons. The summed E-state index contributed by atoms with van der Waals surface area (Å²) in [6.45, 7) is 8.85. The van der Waals surface area contributed by atoms with E-state index in [4.69, 9.17) is 4.74 Å². The molecule has 1 heterocycles. The number of rotatable bonds is 9. The maximum Gasteiger partial charge on any atom is 0.312 e. The second-order valence-corrected chi connectivity index (χ2v) is 6.66. The number of amides is 1. The van der Waals surface area contributed by atoms with Gasteiger partial charge >= 0.3 is 5.69 Å². The van der Waals surface area contributed by atoms with E-state index < -0.39 is 4.92 Å². The van der Waals surface area contributed by atoms with E-state index in [0.29, 0.717) is 36.6 Å². The monoisotopic (exact) mass is 374 g/mol. The Morgan fingerprint density at radius 2 is 1.96 bits per heavy atom. The lowest BCUT2D eigenvalue weighted by Crippen LogP contribution is -2.25. The number of ether oxygens (including phenoxy) is 1. The average molecular weight is 374 g/mol. The van der Waals surface area contributed by atoms with Gasteiger partial charge in [0, 0.05) is 18.7 Å². The molecule has 1 N–H and O–H groups in total. The lowest BCUT2D eigenvalue weighted by Gasteiger charge is -2.09. The van der Waals surface area contributed by atoms with Crippen molar-refractivity contribution < 1.29 is 14.5 Å². The number of nitro groups is 1. The Morgan fingerprint density at radius 1 is 1.30 bits per heavy atom. The SMILES string of the molecule is Cc1nn(Cc2ccc(C(=O)NCCCOC(C)C)cc2)c(C)c1[N+](=O)[O-]. The molecule has 0 aliphatic rings. The highest BCUT2D eigenvalue weighted by molar-refractivity contribution is 5.94. The molecule has 0 unspecified atom stereocenters. The molecule has 8 heteroatoms. The lowest BCUT2D eigenvalue weighted by molar-refractivity contribution is -0.386. The molecular formula is C19H26N4O4. The van der Waals surface area contributed by atoms with Crippen LogP contribution in [-0.4, -0.2) is 39.9 Å². The number of hydrogen-bond donors (Lipinski definition) is 1. The van der Waals surface area contributed by atoms with E-state index in [0.717, 1.165) is 12.0 Å². The van der Waals surface area contributed by atoms with Gasteiger partial charge in [-0.1, -0.05) is 12.1 Å². The number of aryl methyl sites for hydroxylation is 1. The Balaban J connectivity index is 1.92. The van der Waals surface area contributed by atoms with Gasteiger partial charge in [0.1, 0.15) is 11.4 Å². The average Bonchev–Trinajstić information content (AvgIpc) is 2.88. The van der Waals surface area contributed by atoms with Gasteiger partial charge in [-0.25, -0.2) is 0 Å². The van der Waals surface area contributed by atoms with E-state index in [1.54, 1.807) is 30.7 Å². The van der Waals surface area contributed by atoms with Crippen LogP contribution in [0.25, 0.3) is 0 Å². The van der Waals surface area contributed by atoms with Crippen molar-refractivity contribution in [2.24, 2.45) is 0 Å². The fraction of sp³-hybridized carbons (Fsp3) is 0.474. The molecule has 0 aliphatic heterocycles. The third-order valence-electron chi connectivity index (χ3n) is 4.13. The molecule has 27 heavy (non-hydrogen) atoms. The zero-order valence-corrected chi connectivity index (χ0v) is 16.2. The smallest absolute Gasteiger partial charge is 0.312 e. The molecule has 1 aromatic heterocycles. The number of benzene rings is 1. The van der Waals surface area contributed by atoms with Gasteiger partial charge in [-0.3, -0.25) is 19.6 Å². The lowest BCUT2D eigenvalue weighted by atomic mass is 10.1. The molecule has 0 saturated carbocycles. The van der Waals surface area contributed by atoms with Crippen molar-refractivity contribution >= 4 is 11.6 Å². The Labute approximate surface area is 158 Å². The molecule has 0 fully saturated rings. The summed E-state index contributed by atoms with van der Waals surface area (Å²) in [5, 5.41) is 18.2. The van der Waals surface area contributed by atoms with E-state index in [2.05, 4.69) is 10.4 Å². The Hall–Kier alpha value is -2.74. The quantitative estimate of drug-likeness (QED) is 0.413. The molecular weight excluding hydrogens is 348 g/mol. The zero-order valence-electron chi connectivity index (χ0n) is 16.2. The molecule has 2 rings (SSSR count). The van der Waals surface area contributed by atoms with E-state index in [1.165, 1.54) is 0 Å². The minimum Gasteiger partial charge on any atom is -0.379 e. The van der Waals surface area contributed by atoms with Crippen molar-refractivity contribution in [2.45, 2.75) is 46.8 Å². The topological polar surface area (TPSA) is 99.3 Å². The van der Waals surface area contributed by atoms with Crippen LogP contribution in [0.1, 0.15) is 47.6 Å². The molecule has 1 amide bonds. The third-order valence-corrected chi connectivity index (χ3v) is 4.13. The summed E-state index contributed by atoms with van der Waals surface area (Å²) in [5.74, 6) is -0.132. The van der Waals surface area contributed by atoms with Crippen LogP contribution in [0.3, 0.4) is 0 Å². The fourth-order valence-electron chi connectivity index (χ4n) is 2.74. The van der Waals surface area contributed by atoms with Gasteiger partial charge < -0.3 is 10.1 Å². The zero-order chi connectivity index (χ0) is 20.0. The van der Waals surface area contributed by atoms with Crippen LogP contribution in [0.4, 0.5) is 5.69 Å². The van der Waals surface area contributed by atoms with Crippen molar-refractivity contribution in [3.8, 4) is 0 Å². The van der Waals surface area contributed by atoms with Gasteiger partial charge in [0.2, 0.25) is 0 Å². The van der Waals surface area contributed by atoms with Crippen LogP contribution in [0.2, 0.25) is 0 Å². The predicted octanol–water partition coefficient (Wildman–Crippen LogP) is 3.00. The van der Waals surface area contributed by atoms with Gasteiger partial charge in [-0.15, -0.1) is 0 Å². The minimum atomic E-state index is -0.409. The highest BCUT2D eigenvalue weighted by Gasteiger charge is 2.21. The van der Waals surface area contributed by atoms with Crippen LogP contribution >= 0.6 is 0 Å². The Kier molecular flexibility index (Phi) is 7.06. The number of nitrogens with zero attached hydrogens (tertiary/aromatic N) is 3. The summed E-state index contributed by atoms with van der Waals surface area (Å²) in [6.07, 6.45) is 0.954. The number of aromatic nitrogens is 2. The predicted molar refractivity (Wildman–Crippen MR) is 102 cm³/mol. The van der Waals surface area contributed by atoms with Gasteiger partial charge in [-0.2, -0.15) is 5.10 Å². The maximum absolute atomic E-state index is 12.1. The van der Waals surface area contributed by atoms with Crippen molar-refractivity contribution in [3.05, 3.63) is 56.9 Å². The van der Waals surface area contributed by atoms with Crippen molar-refractivity contribution in [1.29, 1.82) is 0 Å². The van der Waals surface area contributed by atoms with Crippen LogP contribution in [0, 0.1) is 24.0 Å². The maximum atomic E-state index is 12.1. The van der Waals surface area contributed by atoms with Crippen molar-refractivity contribution in [1.82, 2.24) is 15.1 Å². The third kappa shape index (κ3) is 5.62. The first-order valence-electron chi connectivity index (χ1n) is 8.96. The fourth-order valence-corrected chi connectivity index (χ4v) is 2.74. The van der Waals surface area contributed by atoms with Gasteiger partial charge in [0.05, 0.1) is 17.6 Å². The highest BCUT2D eigenvalue weighted by atomic mass is 16.6. The summed E-state index contributed by atoms with van der Waals surface area (Å²) in [4.78, 5) is 22.8. The molecule has 0 spiro atoms. The van der Waals surface area contributed by atoms with Crippen LogP contribution < -0.4 is 5.32 Å². The first-order valence-corrected chi connectivity index (χ1v) is 8.96. The Morgan fingerprint density at radius 3 is 2.52 bits per heavy atom. The second kappa shape index (κ2) is 9.27. The summed E-state index contributed by atoms with van der Waals surface area (Å²) < 4.78 is 7.04. The summed E-state index contributed by atoms with van der Waals surface area (Å²) in [7, 11) is 0. The molecule has 1 aromatic carbocycles. The van der Waals surface area contributed by atoms with Gasteiger partial charge in [0.15, 0.2) is 0 Å². The largest absolute Gasteiger partial charge is 0.379 e. The number of carbonyl (C=O) groups excluding carboxylic acids is 1. The molecule has 8 nitrogen and oxygen atoms in total. The molecule has 0 saturated heterocycles. The molecule has 0 aliphatic carbocycles. The summed E-state index contributed by atoms with van der Waals surface area (Å²) in [5.41, 5.74) is 2.45. The van der Waals surface area contributed by atoms with Crippen LogP contribution in [0.5, 0.6) is 0 Å². The number of hydrogen-bond acceptors (Lipinski definition) is 5. The molecule has 0 bridgehead atoms.